The van der Waals surface area contributed by atoms with Crippen molar-refractivity contribution in [3.8, 4) is 0 Å². The van der Waals surface area contributed by atoms with Gasteiger partial charge >= 0.3 is 0 Å². The van der Waals surface area contributed by atoms with Crippen LogP contribution in [0.25, 0.3) is 0 Å². The Morgan fingerprint density at radius 1 is 0.938 bits per heavy atom. The molecule has 0 saturated carbocycles. The Kier molecular flexibility index (Phi) is 19.7. The second-order valence-electron chi connectivity index (χ2n) is 3.76. The summed E-state index contributed by atoms with van der Waals surface area (Å²) in [4.78, 5) is 0. The summed E-state index contributed by atoms with van der Waals surface area (Å²) in [5.41, 5.74) is 0. The Morgan fingerprint density at radius 3 is 2.00 bits per heavy atom. The normalized spacial score (nSPS) is 10.1. The molecule has 0 aromatic carbocycles. The lowest BCUT2D eigenvalue weighted by atomic mass is 10.1. The molecule has 3 heteroatoms. The predicted octanol–water partition coefficient (Wildman–Crippen LogP) is 2.70. The van der Waals surface area contributed by atoms with E-state index in [1.165, 1.54) is 0 Å². The minimum atomic E-state index is 0.712. The first-order chi connectivity index (χ1) is 7.77. The molecule has 100 valence electrons. The van der Waals surface area contributed by atoms with E-state index in [4.69, 9.17) is 9.47 Å². The molecule has 0 rings (SSSR count). The fraction of sp³-hybridized carbons (Fsp3) is 1.00. The third kappa shape index (κ3) is 19.5. The van der Waals surface area contributed by atoms with Gasteiger partial charge in [-0.15, -0.1) is 0 Å². The van der Waals surface area contributed by atoms with Crippen LogP contribution in [0.5, 0.6) is 0 Å². The van der Waals surface area contributed by atoms with E-state index in [1.807, 2.05) is 13.8 Å². The summed E-state index contributed by atoms with van der Waals surface area (Å²) >= 11 is 0. The Bertz CT molecular complexity index is 108. The molecule has 0 unspecified atom stereocenters. The van der Waals surface area contributed by atoms with Gasteiger partial charge in [0.05, 0.1) is 19.8 Å². The number of ether oxygens (including phenoxy) is 2. The van der Waals surface area contributed by atoms with Crippen LogP contribution in [-0.4, -0.2) is 39.5 Å². The van der Waals surface area contributed by atoms with Crippen molar-refractivity contribution >= 4 is 0 Å². The Labute approximate surface area is 102 Å². The standard InChI is InChI=1S/C11H25NO2.C2H6/c1-4-12-6-8-14-10-9-13-7-5-11(2)3;1-2/h11-12H,4-10H2,1-3H3;1-2H3. The average Bonchev–Trinajstić information content (AvgIpc) is 2.29. The third-order valence-corrected chi connectivity index (χ3v) is 1.88. The number of nitrogens with one attached hydrogen (secondary N) is 1. The second-order valence-corrected chi connectivity index (χ2v) is 3.76. The van der Waals surface area contributed by atoms with E-state index in [1.54, 1.807) is 0 Å². The van der Waals surface area contributed by atoms with Crippen molar-refractivity contribution in [2.24, 2.45) is 5.92 Å². The first kappa shape index (κ1) is 18.3. The van der Waals surface area contributed by atoms with Gasteiger partial charge in [-0.1, -0.05) is 34.6 Å². The highest BCUT2D eigenvalue weighted by Crippen LogP contribution is 1.98. The lowest BCUT2D eigenvalue weighted by Gasteiger charge is -2.07. The summed E-state index contributed by atoms with van der Waals surface area (Å²) in [5, 5.41) is 3.20. The van der Waals surface area contributed by atoms with E-state index < -0.39 is 0 Å². The van der Waals surface area contributed by atoms with Crippen molar-refractivity contribution in [2.75, 3.05) is 39.5 Å². The maximum atomic E-state index is 5.41. The second kappa shape index (κ2) is 17.3. The number of hydrogen-bond donors (Lipinski definition) is 1. The van der Waals surface area contributed by atoms with Crippen LogP contribution in [0, 0.1) is 5.92 Å². The highest BCUT2D eigenvalue weighted by atomic mass is 16.5. The molecular weight excluding hydrogens is 202 g/mol. The van der Waals surface area contributed by atoms with E-state index in [2.05, 4.69) is 26.1 Å². The molecule has 0 heterocycles. The lowest BCUT2D eigenvalue weighted by molar-refractivity contribution is 0.0451. The molecule has 0 spiro atoms. The lowest BCUT2D eigenvalue weighted by Crippen LogP contribution is -2.20. The monoisotopic (exact) mass is 233 g/mol. The van der Waals surface area contributed by atoms with Gasteiger partial charge in [-0.25, -0.2) is 0 Å². The molecule has 0 fully saturated rings. The van der Waals surface area contributed by atoms with Crippen molar-refractivity contribution in [3.05, 3.63) is 0 Å². The summed E-state index contributed by atoms with van der Waals surface area (Å²) < 4.78 is 10.8. The fourth-order valence-electron chi connectivity index (χ4n) is 0.962. The minimum absolute atomic E-state index is 0.712. The molecule has 0 aromatic rings. The van der Waals surface area contributed by atoms with E-state index in [9.17, 15) is 0 Å². The number of rotatable bonds is 10. The largest absolute Gasteiger partial charge is 0.379 e. The molecule has 1 N–H and O–H groups in total. The zero-order valence-corrected chi connectivity index (χ0v) is 11.8. The van der Waals surface area contributed by atoms with Gasteiger partial charge in [0.2, 0.25) is 0 Å². The molecule has 0 bridgehead atoms. The van der Waals surface area contributed by atoms with Crippen molar-refractivity contribution in [1.29, 1.82) is 0 Å². The molecule has 0 aliphatic rings. The summed E-state index contributed by atoms with van der Waals surface area (Å²) in [7, 11) is 0. The van der Waals surface area contributed by atoms with Crippen LogP contribution in [0.15, 0.2) is 0 Å². The van der Waals surface area contributed by atoms with Crippen molar-refractivity contribution in [1.82, 2.24) is 5.32 Å². The van der Waals surface area contributed by atoms with E-state index in [0.717, 1.165) is 45.2 Å². The number of likely N-dealkylation sites (N-methyl/N-ethyl adjacent to an activating group) is 1. The Hall–Kier alpha value is -0.120. The van der Waals surface area contributed by atoms with Crippen LogP contribution >= 0.6 is 0 Å². The van der Waals surface area contributed by atoms with Crippen molar-refractivity contribution in [2.45, 2.75) is 41.0 Å². The van der Waals surface area contributed by atoms with Gasteiger partial charge in [0.1, 0.15) is 0 Å². The van der Waals surface area contributed by atoms with E-state index >= 15 is 0 Å². The third-order valence-electron chi connectivity index (χ3n) is 1.88. The molecular formula is C13H31NO2. The van der Waals surface area contributed by atoms with Crippen LogP contribution in [0.1, 0.15) is 41.0 Å². The number of hydrogen-bond acceptors (Lipinski definition) is 3. The molecule has 0 aliphatic heterocycles. The van der Waals surface area contributed by atoms with Crippen molar-refractivity contribution < 1.29 is 9.47 Å². The molecule has 0 aliphatic carbocycles. The quantitative estimate of drug-likeness (QED) is 0.589. The van der Waals surface area contributed by atoms with Gasteiger partial charge in [0.15, 0.2) is 0 Å². The topological polar surface area (TPSA) is 30.5 Å². The maximum absolute atomic E-state index is 5.41. The molecule has 0 saturated heterocycles. The fourth-order valence-corrected chi connectivity index (χ4v) is 0.962. The molecule has 0 aromatic heterocycles. The van der Waals surface area contributed by atoms with Crippen LogP contribution in [0.2, 0.25) is 0 Å². The first-order valence-electron chi connectivity index (χ1n) is 6.63. The van der Waals surface area contributed by atoms with E-state index in [-0.39, 0.29) is 0 Å². The smallest absolute Gasteiger partial charge is 0.0701 e. The zero-order valence-electron chi connectivity index (χ0n) is 11.8. The van der Waals surface area contributed by atoms with Crippen LogP contribution in [0.4, 0.5) is 0 Å². The first-order valence-corrected chi connectivity index (χ1v) is 6.63. The maximum Gasteiger partial charge on any atom is 0.0701 e. The summed E-state index contributed by atoms with van der Waals surface area (Å²) in [6.07, 6.45) is 1.14. The minimum Gasteiger partial charge on any atom is -0.379 e. The highest BCUT2D eigenvalue weighted by Gasteiger charge is 1.93. The molecule has 16 heavy (non-hydrogen) atoms. The van der Waals surface area contributed by atoms with Gasteiger partial charge in [-0.05, 0) is 18.9 Å². The SMILES string of the molecule is CC.CCNCCOCCOCCC(C)C. The van der Waals surface area contributed by atoms with Gasteiger partial charge in [0, 0.05) is 13.2 Å². The van der Waals surface area contributed by atoms with E-state index in [0.29, 0.717) is 6.61 Å². The van der Waals surface area contributed by atoms with Gasteiger partial charge in [0.25, 0.3) is 0 Å². The average molecular weight is 233 g/mol. The molecule has 0 amide bonds. The Balaban J connectivity index is 0. The van der Waals surface area contributed by atoms with Crippen LogP contribution in [0.3, 0.4) is 0 Å². The van der Waals surface area contributed by atoms with Gasteiger partial charge in [-0.3, -0.25) is 0 Å². The van der Waals surface area contributed by atoms with Crippen molar-refractivity contribution in [3.63, 3.8) is 0 Å². The summed E-state index contributed by atoms with van der Waals surface area (Å²) in [6, 6.07) is 0. The van der Waals surface area contributed by atoms with Crippen LogP contribution < -0.4 is 5.32 Å². The predicted molar refractivity (Wildman–Crippen MR) is 71.0 cm³/mol. The molecule has 3 nitrogen and oxygen atoms in total. The molecule has 0 atom stereocenters. The highest BCUT2D eigenvalue weighted by molar-refractivity contribution is 4.43. The van der Waals surface area contributed by atoms with Crippen LogP contribution in [-0.2, 0) is 9.47 Å². The summed E-state index contributed by atoms with van der Waals surface area (Å²) in [6.45, 7) is 15.5. The zero-order chi connectivity index (χ0) is 12.6. The molecule has 0 radical (unpaired) electrons. The summed E-state index contributed by atoms with van der Waals surface area (Å²) in [5.74, 6) is 0.727. The van der Waals surface area contributed by atoms with Gasteiger partial charge < -0.3 is 14.8 Å². The Morgan fingerprint density at radius 2 is 1.50 bits per heavy atom. The van der Waals surface area contributed by atoms with Gasteiger partial charge in [-0.2, -0.15) is 0 Å².